The van der Waals surface area contributed by atoms with Crippen LogP contribution in [0.4, 0.5) is 4.39 Å². The van der Waals surface area contributed by atoms with Crippen molar-refractivity contribution in [2.24, 2.45) is 5.41 Å². The number of benzene rings is 1. The van der Waals surface area contributed by atoms with Gasteiger partial charge in [-0.05, 0) is 44.9 Å². The SMILES string of the molecule is C=CCC(C)(C(=O)OCC)/C(C)=C\c1ccc(F)cc1. The fourth-order valence-electron chi connectivity index (χ4n) is 1.95. The standard InChI is InChI=1S/C17H21FO2/c1-5-11-17(4,16(19)20-6-2)13(3)12-14-7-9-15(18)10-8-14/h5,7-10,12H,1,6,11H2,2-4H3/b13-12-. The van der Waals surface area contributed by atoms with Gasteiger partial charge in [0.1, 0.15) is 5.82 Å². The van der Waals surface area contributed by atoms with E-state index in [1.54, 1.807) is 25.1 Å². The average Bonchev–Trinajstić information content (AvgIpc) is 2.41. The molecule has 1 rings (SSSR count). The quantitative estimate of drug-likeness (QED) is 0.569. The molecular formula is C17H21FO2. The van der Waals surface area contributed by atoms with E-state index in [1.807, 2.05) is 19.9 Å². The highest BCUT2D eigenvalue weighted by Crippen LogP contribution is 2.34. The Hall–Kier alpha value is -1.90. The van der Waals surface area contributed by atoms with Gasteiger partial charge in [0.05, 0.1) is 12.0 Å². The maximum absolute atomic E-state index is 12.9. The monoisotopic (exact) mass is 276 g/mol. The minimum Gasteiger partial charge on any atom is -0.465 e. The summed E-state index contributed by atoms with van der Waals surface area (Å²) < 4.78 is 18.0. The number of hydrogen-bond acceptors (Lipinski definition) is 2. The van der Waals surface area contributed by atoms with Gasteiger partial charge in [-0.2, -0.15) is 0 Å². The van der Waals surface area contributed by atoms with Gasteiger partial charge in [0.25, 0.3) is 0 Å². The summed E-state index contributed by atoms with van der Waals surface area (Å²) in [6.07, 6.45) is 4.08. The lowest BCUT2D eigenvalue weighted by molar-refractivity contribution is -0.151. The molecule has 0 aliphatic rings. The number of ether oxygens (including phenoxy) is 1. The maximum atomic E-state index is 12.9. The van der Waals surface area contributed by atoms with Crippen molar-refractivity contribution in [1.82, 2.24) is 0 Å². The maximum Gasteiger partial charge on any atom is 0.316 e. The van der Waals surface area contributed by atoms with E-state index in [4.69, 9.17) is 4.74 Å². The highest BCUT2D eigenvalue weighted by Gasteiger charge is 2.35. The Bertz CT molecular complexity index is 502. The van der Waals surface area contributed by atoms with E-state index >= 15 is 0 Å². The number of halogens is 1. The van der Waals surface area contributed by atoms with Crippen LogP contribution in [0.3, 0.4) is 0 Å². The van der Waals surface area contributed by atoms with E-state index in [9.17, 15) is 9.18 Å². The molecule has 108 valence electrons. The summed E-state index contributed by atoms with van der Waals surface area (Å²) in [5.41, 5.74) is 0.970. The summed E-state index contributed by atoms with van der Waals surface area (Å²) in [6.45, 7) is 9.54. The largest absolute Gasteiger partial charge is 0.465 e. The second-order valence-corrected chi connectivity index (χ2v) is 4.92. The van der Waals surface area contributed by atoms with E-state index in [0.717, 1.165) is 11.1 Å². The molecule has 0 aliphatic carbocycles. The van der Waals surface area contributed by atoms with E-state index in [2.05, 4.69) is 6.58 Å². The van der Waals surface area contributed by atoms with E-state index < -0.39 is 5.41 Å². The van der Waals surface area contributed by atoms with Crippen molar-refractivity contribution in [1.29, 1.82) is 0 Å². The van der Waals surface area contributed by atoms with E-state index in [1.165, 1.54) is 12.1 Å². The molecular weight excluding hydrogens is 255 g/mol. The molecule has 1 unspecified atom stereocenters. The number of hydrogen-bond donors (Lipinski definition) is 0. The highest BCUT2D eigenvalue weighted by atomic mass is 19.1. The molecule has 1 atom stereocenters. The zero-order chi connectivity index (χ0) is 15.2. The number of rotatable bonds is 6. The molecule has 20 heavy (non-hydrogen) atoms. The lowest BCUT2D eigenvalue weighted by Gasteiger charge is -2.27. The first kappa shape index (κ1) is 16.2. The fourth-order valence-corrected chi connectivity index (χ4v) is 1.95. The van der Waals surface area contributed by atoms with Crippen LogP contribution < -0.4 is 0 Å². The predicted molar refractivity (Wildman–Crippen MR) is 79.6 cm³/mol. The van der Waals surface area contributed by atoms with Crippen LogP contribution in [0, 0.1) is 11.2 Å². The van der Waals surface area contributed by atoms with E-state index in [-0.39, 0.29) is 11.8 Å². The molecule has 0 heterocycles. The third-order valence-corrected chi connectivity index (χ3v) is 3.40. The van der Waals surface area contributed by atoms with Crippen LogP contribution in [0.1, 0.15) is 32.8 Å². The molecule has 0 N–H and O–H groups in total. The molecule has 1 aromatic rings. The molecule has 0 bridgehead atoms. The topological polar surface area (TPSA) is 26.3 Å². The van der Waals surface area contributed by atoms with Gasteiger partial charge in [-0.1, -0.05) is 29.9 Å². The molecule has 0 spiro atoms. The third kappa shape index (κ3) is 3.80. The van der Waals surface area contributed by atoms with Crippen molar-refractivity contribution in [2.75, 3.05) is 6.61 Å². The Morgan fingerprint density at radius 3 is 2.50 bits per heavy atom. The Balaban J connectivity index is 3.09. The van der Waals surface area contributed by atoms with Crippen molar-refractivity contribution < 1.29 is 13.9 Å². The molecule has 0 aromatic heterocycles. The van der Waals surface area contributed by atoms with Crippen LogP contribution in [0.15, 0.2) is 42.5 Å². The second kappa shape index (κ2) is 7.04. The van der Waals surface area contributed by atoms with Gasteiger partial charge in [0.2, 0.25) is 0 Å². The molecule has 1 aromatic carbocycles. The van der Waals surface area contributed by atoms with Crippen LogP contribution >= 0.6 is 0 Å². The van der Waals surface area contributed by atoms with Crippen LogP contribution in [0.25, 0.3) is 6.08 Å². The summed E-state index contributed by atoms with van der Waals surface area (Å²) in [5, 5.41) is 0. The average molecular weight is 276 g/mol. The van der Waals surface area contributed by atoms with Gasteiger partial charge in [0.15, 0.2) is 0 Å². The normalized spacial score (nSPS) is 14.5. The number of esters is 1. The molecule has 0 saturated carbocycles. The second-order valence-electron chi connectivity index (χ2n) is 4.92. The first-order valence-corrected chi connectivity index (χ1v) is 6.66. The fraction of sp³-hybridized carbons (Fsp3) is 0.353. The molecule has 0 fully saturated rings. The van der Waals surface area contributed by atoms with Crippen molar-refractivity contribution >= 4 is 12.0 Å². The summed E-state index contributed by atoms with van der Waals surface area (Å²) in [6, 6.07) is 6.15. The first-order valence-electron chi connectivity index (χ1n) is 6.66. The van der Waals surface area contributed by atoms with Gasteiger partial charge in [-0.3, -0.25) is 4.79 Å². The van der Waals surface area contributed by atoms with Gasteiger partial charge in [-0.15, -0.1) is 6.58 Å². The molecule has 0 amide bonds. The number of carbonyl (C=O) groups is 1. The Morgan fingerprint density at radius 2 is 2.00 bits per heavy atom. The summed E-state index contributed by atoms with van der Waals surface area (Å²) >= 11 is 0. The minimum absolute atomic E-state index is 0.268. The van der Waals surface area contributed by atoms with Crippen LogP contribution in [0.2, 0.25) is 0 Å². The molecule has 3 heteroatoms. The summed E-state index contributed by atoms with van der Waals surface area (Å²) in [4.78, 5) is 12.2. The minimum atomic E-state index is -0.744. The molecule has 0 aliphatic heterocycles. The van der Waals surface area contributed by atoms with Gasteiger partial charge >= 0.3 is 5.97 Å². The number of carbonyl (C=O) groups excluding carboxylic acids is 1. The predicted octanol–water partition coefficient (Wildman–Crippen LogP) is 4.37. The smallest absolute Gasteiger partial charge is 0.316 e. The zero-order valence-corrected chi connectivity index (χ0v) is 12.3. The van der Waals surface area contributed by atoms with Crippen molar-refractivity contribution in [3.05, 3.63) is 53.9 Å². The van der Waals surface area contributed by atoms with Crippen molar-refractivity contribution in [2.45, 2.75) is 27.2 Å². The van der Waals surface area contributed by atoms with Gasteiger partial charge < -0.3 is 4.74 Å². The third-order valence-electron chi connectivity index (χ3n) is 3.40. The van der Waals surface area contributed by atoms with E-state index in [0.29, 0.717) is 13.0 Å². The summed E-state index contributed by atoms with van der Waals surface area (Å²) in [5.74, 6) is -0.546. The van der Waals surface area contributed by atoms with Gasteiger partial charge in [0, 0.05) is 0 Å². The lowest BCUT2D eigenvalue weighted by atomic mass is 9.79. The van der Waals surface area contributed by atoms with Gasteiger partial charge in [-0.25, -0.2) is 4.39 Å². The first-order chi connectivity index (χ1) is 9.43. The molecule has 0 saturated heterocycles. The van der Waals surface area contributed by atoms with Crippen LogP contribution in [0.5, 0.6) is 0 Å². The molecule has 2 nitrogen and oxygen atoms in total. The Kier molecular flexibility index (Phi) is 5.68. The summed E-state index contributed by atoms with van der Waals surface area (Å²) in [7, 11) is 0. The van der Waals surface area contributed by atoms with Crippen molar-refractivity contribution in [3.63, 3.8) is 0 Å². The van der Waals surface area contributed by atoms with Crippen LogP contribution in [-0.4, -0.2) is 12.6 Å². The zero-order valence-electron chi connectivity index (χ0n) is 12.3. The lowest BCUT2D eigenvalue weighted by Crippen LogP contribution is -2.30. The number of allylic oxidation sites excluding steroid dienone is 1. The Morgan fingerprint density at radius 1 is 1.40 bits per heavy atom. The van der Waals surface area contributed by atoms with Crippen LogP contribution in [-0.2, 0) is 9.53 Å². The molecule has 0 radical (unpaired) electrons. The highest BCUT2D eigenvalue weighted by molar-refractivity contribution is 5.82. The van der Waals surface area contributed by atoms with Crippen molar-refractivity contribution in [3.8, 4) is 0 Å². The Labute approximate surface area is 120 Å².